The molecule has 1 heterocycles. The van der Waals surface area contributed by atoms with E-state index in [9.17, 15) is 18.3 Å². The number of carbonyl (C=O) groups is 1. The SMILES string of the molecule is CC(C)Oc1n[nH]c(NC(=O)c2cc(Oc3ccc(S(C)(=O)=O)cc3)cc(OC(C)CO)c2)n1. The van der Waals surface area contributed by atoms with Crippen LogP contribution < -0.4 is 19.5 Å². The normalized spacial score (nSPS) is 12.3. The smallest absolute Gasteiger partial charge is 0.337 e. The van der Waals surface area contributed by atoms with Gasteiger partial charge in [0.1, 0.15) is 23.4 Å². The fourth-order valence-electron chi connectivity index (χ4n) is 2.74. The summed E-state index contributed by atoms with van der Waals surface area (Å²) in [4.78, 5) is 17.1. The number of rotatable bonds is 10. The topological polar surface area (TPSA) is 153 Å². The highest BCUT2D eigenvalue weighted by molar-refractivity contribution is 7.90. The lowest BCUT2D eigenvalue weighted by Crippen LogP contribution is -2.17. The van der Waals surface area contributed by atoms with Crippen LogP contribution in [0.2, 0.25) is 0 Å². The zero-order chi connectivity index (χ0) is 24.9. The van der Waals surface area contributed by atoms with Gasteiger partial charge in [-0.15, -0.1) is 5.10 Å². The molecule has 0 radical (unpaired) electrons. The summed E-state index contributed by atoms with van der Waals surface area (Å²) in [5.74, 6) is 0.484. The molecule has 2 aromatic carbocycles. The van der Waals surface area contributed by atoms with Gasteiger partial charge in [0.05, 0.1) is 17.6 Å². The molecule has 0 spiro atoms. The van der Waals surface area contributed by atoms with Crippen molar-refractivity contribution < 1.29 is 32.5 Å². The molecule has 1 aromatic heterocycles. The molecule has 182 valence electrons. The second-order valence-electron chi connectivity index (χ2n) is 7.74. The molecule has 3 rings (SSSR count). The van der Waals surface area contributed by atoms with Gasteiger partial charge >= 0.3 is 6.01 Å². The highest BCUT2D eigenvalue weighted by Gasteiger charge is 2.16. The van der Waals surface area contributed by atoms with Crippen LogP contribution in [0.25, 0.3) is 0 Å². The van der Waals surface area contributed by atoms with Crippen molar-refractivity contribution in [2.45, 2.75) is 37.9 Å². The van der Waals surface area contributed by atoms with Gasteiger partial charge in [0, 0.05) is 17.9 Å². The summed E-state index contributed by atoms with van der Waals surface area (Å²) < 4.78 is 40.2. The number of amides is 1. The van der Waals surface area contributed by atoms with E-state index >= 15 is 0 Å². The number of H-pyrrole nitrogens is 1. The van der Waals surface area contributed by atoms with Crippen molar-refractivity contribution in [2.75, 3.05) is 18.2 Å². The zero-order valence-electron chi connectivity index (χ0n) is 19.1. The Kier molecular flexibility index (Phi) is 7.74. The van der Waals surface area contributed by atoms with Crippen LogP contribution in [-0.4, -0.2) is 59.7 Å². The Balaban J connectivity index is 1.84. The van der Waals surface area contributed by atoms with E-state index in [1.165, 1.54) is 36.4 Å². The van der Waals surface area contributed by atoms with E-state index in [4.69, 9.17) is 14.2 Å². The number of aliphatic hydroxyl groups excluding tert-OH is 1. The van der Waals surface area contributed by atoms with E-state index in [0.29, 0.717) is 11.5 Å². The summed E-state index contributed by atoms with van der Waals surface area (Å²) in [5.41, 5.74) is 0.188. The van der Waals surface area contributed by atoms with E-state index in [1.54, 1.807) is 13.0 Å². The van der Waals surface area contributed by atoms with Crippen molar-refractivity contribution in [3.05, 3.63) is 48.0 Å². The molecule has 0 aliphatic carbocycles. The van der Waals surface area contributed by atoms with Gasteiger partial charge in [0.15, 0.2) is 9.84 Å². The molecule has 3 aromatic rings. The predicted molar refractivity (Wildman–Crippen MR) is 123 cm³/mol. The summed E-state index contributed by atoms with van der Waals surface area (Å²) in [5, 5.41) is 18.4. The van der Waals surface area contributed by atoms with Crippen molar-refractivity contribution in [3.63, 3.8) is 0 Å². The molecule has 1 atom stereocenters. The van der Waals surface area contributed by atoms with Gasteiger partial charge in [-0.25, -0.2) is 13.5 Å². The Bertz CT molecular complexity index is 1240. The van der Waals surface area contributed by atoms with E-state index in [-0.39, 0.29) is 40.9 Å². The molecule has 34 heavy (non-hydrogen) atoms. The minimum absolute atomic E-state index is 0.0922. The molecule has 12 heteroatoms. The third-order valence-corrected chi connectivity index (χ3v) is 5.39. The predicted octanol–water partition coefficient (Wildman–Crippen LogP) is 2.80. The van der Waals surface area contributed by atoms with Crippen LogP contribution in [-0.2, 0) is 9.84 Å². The fraction of sp³-hybridized carbons (Fsp3) is 0.318. The van der Waals surface area contributed by atoms with Gasteiger partial charge in [-0.3, -0.25) is 10.1 Å². The van der Waals surface area contributed by atoms with E-state index in [2.05, 4.69) is 20.5 Å². The number of benzene rings is 2. The lowest BCUT2D eigenvalue weighted by Gasteiger charge is -2.15. The van der Waals surface area contributed by atoms with Crippen molar-refractivity contribution in [1.29, 1.82) is 0 Å². The number of hydrogen-bond donors (Lipinski definition) is 3. The maximum Gasteiger partial charge on any atom is 0.337 e. The zero-order valence-corrected chi connectivity index (χ0v) is 19.9. The fourth-order valence-corrected chi connectivity index (χ4v) is 3.37. The number of anilines is 1. The number of nitrogens with one attached hydrogen (secondary N) is 2. The van der Waals surface area contributed by atoms with Crippen molar-refractivity contribution in [1.82, 2.24) is 15.2 Å². The minimum atomic E-state index is -3.34. The van der Waals surface area contributed by atoms with Crippen molar-refractivity contribution in [3.8, 4) is 23.3 Å². The third-order valence-electron chi connectivity index (χ3n) is 4.26. The molecule has 0 aliphatic heterocycles. The number of sulfone groups is 1. The standard InChI is InChI=1S/C22H26N4O7S/c1-13(2)31-22-24-21(25-26-22)23-20(28)15-9-17(32-14(3)12-27)11-18(10-15)33-16-5-7-19(8-6-16)34(4,29)30/h5-11,13-14,27H,12H2,1-4H3,(H2,23,24,25,26,28). The molecule has 0 fully saturated rings. The van der Waals surface area contributed by atoms with Crippen LogP contribution in [0.1, 0.15) is 31.1 Å². The van der Waals surface area contributed by atoms with Gasteiger partial charge in [-0.1, -0.05) is 0 Å². The lowest BCUT2D eigenvalue weighted by atomic mass is 10.2. The first kappa shape index (κ1) is 25.0. The number of hydrogen-bond acceptors (Lipinski definition) is 9. The summed E-state index contributed by atoms with van der Waals surface area (Å²) in [6.07, 6.45) is 0.460. The Morgan fingerprint density at radius 2 is 1.74 bits per heavy atom. The Labute approximate surface area is 197 Å². The number of carbonyl (C=O) groups excluding carboxylic acids is 1. The Hall–Kier alpha value is -3.64. The van der Waals surface area contributed by atoms with Gasteiger partial charge in [0.25, 0.3) is 5.91 Å². The van der Waals surface area contributed by atoms with Gasteiger partial charge in [0.2, 0.25) is 5.95 Å². The molecule has 0 saturated carbocycles. The number of ether oxygens (including phenoxy) is 3. The molecule has 3 N–H and O–H groups in total. The van der Waals surface area contributed by atoms with Crippen LogP contribution in [0.5, 0.6) is 23.3 Å². The maximum absolute atomic E-state index is 12.8. The van der Waals surface area contributed by atoms with Crippen LogP contribution in [0.4, 0.5) is 5.95 Å². The third kappa shape index (κ3) is 6.93. The van der Waals surface area contributed by atoms with Gasteiger partial charge < -0.3 is 19.3 Å². The Morgan fingerprint density at radius 1 is 1.06 bits per heavy atom. The highest BCUT2D eigenvalue weighted by atomic mass is 32.2. The molecule has 11 nitrogen and oxygen atoms in total. The second kappa shape index (κ2) is 10.5. The summed E-state index contributed by atoms with van der Waals surface area (Å²) >= 11 is 0. The average molecular weight is 491 g/mol. The van der Waals surface area contributed by atoms with E-state index < -0.39 is 21.8 Å². The molecule has 1 amide bonds. The summed E-state index contributed by atoms with van der Waals surface area (Å²) in [6.45, 7) is 5.09. The molecule has 0 bridgehead atoms. The largest absolute Gasteiger partial charge is 0.488 e. The molecule has 1 unspecified atom stereocenters. The number of aliphatic hydroxyl groups is 1. The van der Waals surface area contributed by atoms with Crippen LogP contribution in [0, 0.1) is 0 Å². The Morgan fingerprint density at radius 3 is 2.35 bits per heavy atom. The van der Waals surface area contributed by atoms with Crippen LogP contribution >= 0.6 is 0 Å². The molecule has 0 saturated heterocycles. The number of aromatic nitrogens is 3. The number of aromatic amines is 1. The van der Waals surface area contributed by atoms with Crippen molar-refractivity contribution >= 4 is 21.7 Å². The molecular formula is C22H26N4O7S. The first-order valence-corrected chi connectivity index (χ1v) is 12.2. The number of nitrogens with zero attached hydrogens (tertiary/aromatic N) is 2. The van der Waals surface area contributed by atoms with E-state index in [1.807, 2.05) is 13.8 Å². The molecular weight excluding hydrogens is 464 g/mol. The second-order valence-corrected chi connectivity index (χ2v) is 9.75. The first-order chi connectivity index (χ1) is 16.0. The summed E-state index contributed by atoms with van der Waals surface area (Å²) in [6, 6.07) is 10.5. The molecule has 0 aliphatic rings. The highest BCUT2D eigenvalue weighted by Crippen LogP contribution is 2.29. The van der Waals surface area contributed by atoms with Gasteiger partial charge in [-0.05, 0) is 57.2 Å². The van der Waals surface area contributed by atoms with Crippen LogP contribution in [0.3, 0.4) is 0 Å². The van der Waals surface area contributed by atoms with Crippen LogP contribution in [0.15, 0.2) is 47.4 Å². The van der Waals surface area contributed by atoms with Crippen molar-refractivity contribution in [2.24, 2.45) is 0 Å². The quantitative estimate of drug-likeness (QED) is 0.389. The average Bonchev–Trinajstić information content (AvgIpc) is 3.19. The minimum Gasteiger partial charge on any atom is -0.488 e. The lowest BCUT2D eigenvalue weighted by molar-refractivity contribution is 0.102. The van der Waals surface area contributed by atoms with E-state index in [0.717, 1.165) is 6.26 Å². The maximum atomic E-state index is 12.8. The monoisotopic (exact) mass is 490 g/mol. The first-order valence-electron chi connectivity index (χ1n) is 10.3. The van der Waals surface area contributed by atoms with Gasteiger partial charge in [-0.2, -0.15) is 4.98 Å². The summed E-state index contributed by atoms with van der Waals surface area (Å²) in [7, 11) is -3.34.